The summed E-state index contributed by atoms with van der Waals surface area (Å²) < 4.78 is 0. The zero-order chi connectivity index (χ0) is 16.8. The topological polar surface area (TPSA) is 52.6 Å². The van der Waals surface area contributed by atoms with Crippen LogP contribution < -0.4 is 5.32 Å². The van der Waals surface area contributed by atoms with E-state index in [1.54, 1.807) is 11.8 Å². The molecule has 2 N–H and O–H groups in total. The maximum Gasteiger partial charge on any atom is 0.253 e. The van der Waals surface area contributed by atoms with Gasteiger partial charge < -0.3 is 10.4 Å². The van der Waals surface area contributed by atoms with E-state index in [1.807, 2.05) is 6.07 Å². The summed E-state index contributed by atoms with van der Waals surface area (Å²) in [6, 6.07) is 8.33. The number of thioether (sulfide) groups is 1. The Morgan fingerprint density at radius 1 is 1.17 bits per heavy atom. The fourth-order valence-corrected chi connectivity index (χ4v) is 4.73. The predicted octanol–water partition coefficient (Wildman–Crippen LogP) is 2.55. The van der Waals surface area contributed by atoms with Crippen molar-refractivity contribution in [3.05, 3.63) is 35.4 Å². The summed E-state index contributed by atoms with van der Waals surface area (Å²) in [6.45, 7) is 3.78. The van der Waals surface area contributed by atoms with Gasteiger partial charge in [-0.15, -0.1) is 0 Å². The minimum Gasteiger partial charge on any atom is -0.379 e. The molecule has 3 rings (SSSR count). The predicted molar refractivity (Wildman–Crippen MR) is 98.9 cm³/mol. The van der Waals surface area contributed by atoms with Gasteiger partial charge in [-0.05, 0) is 49.2 Å². The van der Waals surface area contributed by atoms with Gasteiger partial charge in [0.15, 0.2) is 5.60 Å². The Morgan fingerprint density at radius 2 is 1.88 bits per heavy atom. The normalized spacial score (nSPS) is 25.4. The van der Waals surface area contributed by atoms with Gasteiger partial charge in [0.1, 0.15) is 0 Å². The van der Waals surface area contributed by atoms with E-state index in [9.17, 15) is 9.90 Å². The van der Waals surface area contributed by atoms with E-state index in [0.29, 0.717) is 18.7 Å². The SMILES string of the molecule is O=C(NCc1ccccc1CN1CCCCCC1)C1(O)CCSC1. The molecule has 1 amide bonds. The first kappa shape index (κ1) is 17.8. The molecule has 0 aromatic heterocycles. The van der Waals surface area contributed by atoms with Gasteiger partial charge in [-0.25, -0.2) is 0 Å². The van der Waals surface area contributed by atoms with E-state index < -0.39 is 5.60 Å². The molecule has 0 radical (unpaired) electrons. The Morgan fingerprint density at radius 3 is 2.54 bits per heavy atom. The van der Waals surface area contributed by atoms with Gasteiger partial charge >= 0.3 is 0 Å². The number of hydrogen-bond acceptors (Lipinski definition) is 4. The van der Waals surface area contributed by atoms with Crippen molar-refractivity contribution in [2.45, 2.75) is 50.8 Å². The number of rotatable bonds is 5. The number of likely N-dealkylation sites (tertiary alicyclic amines) is 1. The molecule has 4 nitrogen and oxygen atoms in total. The van der Waals surface area contributed by atoms with E-state index >= 15 is 0 Å². The van der Waals surface area contributed by atoms with Gasteiger partial charge in [0.25, 0.3) is 5.91 Å². The van der Waals surface area contributed by atoms with Crippen molar-refractivity contribution in [2.24, 2.45) is 0 Å². The van der Waals surface area contributed by atoms with Crippen LogP contribution in [0.25, 0.3) is 0 Å². The van der Waals surface area contributed by atoms with Gasteiger partial charge in [-0.1, -0.05) is 37.1 Å². The third-order valence-corrected chi connectivity index (χ3v) is 6.25. The number of carbonyl (C=O) groups is 1. The Labute approximate surface area is 149 Å². The summed E-state index contributed by atoms with van der Waals surface area (Å²) in [5.74, 6) is 1.14. The fraction of sp³-hybridized carbons (Fsp3) is 0.632. The van der Waals surface area contributed by atoms with Gasteiger partial charge in [0.05, 0.1) is 0 Å². The first-order chi connectivity index (χ1) is 11.7. The summed E-state index contributed by atoms with van der Waals surface area (Å²) in [5.41, 5.74) is 1.27. The second-order valence-corrected chi connectivity index (χ2v) is 8.08. The first-order valence-electron chi connectivity index (χ1n) is 9.05. The second kappa shape index (κ2) is 8.37. The molecule has 0 bridgehead atoms. The van der Waals surface area contributed by atoms with Crippen LogP contribution in [0.3, 0.4) is 0 Å². The molecule has 2 fully saturated rings. The van der Waals surface area contributed by atoms with Crippen LogP contribution >= 0.6 is 11.8 Å². The number of hydrogen-bond donors (Lipinski definition) is 2. The summed E-state index contributed by atoms with van der Waals surface area (Å²) in [5, 5.41) is 13.3. The zero-order valence-corrected chi connectivity index (χ0v) is 15.1. The highest BCUT2D eigenvalue weighted by molar-refractivity contribution is 7.99. The third kappa shape index (κ3) is 4.52. The average molecular weight is 349 g/mol. The van der Waals surface area contributed by atoms with E-state index in [-0.39, 0.29) is 5.91 Å². The summed E-state index contributed by atoms with van der Waals surface area (Å²) in [4.78, 5) is 14.8. The van der Waals surface area contributed by atoms with Crippen LogP contribution in [0.2, 0.25) is 0 Å². The van der Waals surface area contributed by atoms with Crippen LogP contribution in [0, 0.1) is 0 Å². The van der Waals surface area contributed by atoms with E-state index in [1.165, 1.54) is 31.2 Å². The maximum absolute atomic E-state index is 12.3. The molecule has 24 heavy (non-hydrogen) atoms. The molecule has 0 saturated carbocycles. The lowest BCUT2D eigenvalue weighted by Crippen LogP contribution is -2.46. The van der Waals surface area contributed by atoms with Gasteiger partial charge in [0, 0.05) is 18.8 Å². The Kier molecular flexibility index (Phi) is 6.19. The minimum absolute atomic E-state index is 0.225. The van der Waals surface area contributed by atoms with Crippen LogP contribution in [0.1, 0.15) is 43.2 Å². The highest BCUT2D eigenvalue weighted by Gasteiger charge is 2.39. The largest absolute Gasteiger partial charge is 0.379 e. The molecule has 2 saturated heterocycles. The number of amides is 1. The summed E-state index contributed by atoms with van der Waals surface area (Å²) >= 11 is 1.64. The summed E-state index contributed by atoms with van der Waals surface area (Å²) in [6.07, 6.45) is 5.79. The first-order valence-corrected chi connectivity index (χ1v) is 10.2. The number of aliphatic hydroxyl groups is 1. The fourth-order valence-electron chi connectivity index (χ4n) is 3.49. The zero-order valence-electron chi connectivity index (χ0n) is 14.3. The standard InChI is InChI=1S/C19H28N2O2S/c22-18(19(23)9-12-24-15-19)20-13-16-7-3-4-8-17(16)14-21-10-5-1-2-6-11-21/h3-4,7-8,23H,1-2,5-6,9-15H2,(H,20,22). The van der Waals surface area contributed by atoms with Crippen LogP contribution in [0.15, 0.2) is 24.3 Å². The molecule has 2 heterocycles. The summed E-state index contributed by atoms with van der Waals surface area (Å²) in [7, 11) is 0. The van der Waals surface area contributed by atoms with Gasteiger partial charge in [-0.2, -0.15) is 11.8 Å². The lowest BCUT2D eigenvalue weighted by molar-refractivity contribution is -0.137. The quantitative estimate of drug-likeness (QED) is 0.859. The number of nitrogens with zero attached hydrogens (tertiary/aromatic N) is 1. The lowest BCUT2D eigenvalue weighted by atomic mass is 10.0. The molecule has 1 atom stereocenters. The van der Waals surface area contributed by atoms with Crippen molar-refractivity contribution < 1.29 is 9.90 Å². The molecular weight excluding hydrogens is 320 g/mol. The highest BCUT2D eigenvalue weighted by Crippen LogP contribution is 2.28. The number of benzene rings is 1. The Bertz CT molecular complexity index is 550. The molecule has 2 aliphatic heterocycles. The van der Waals surface area contributed by atoms with Crippen molar-refractivity contribution >= 4 is 17.7 Å². The molecule has 1 aromatic rings. The maximum atomic E-state index is 12.3. The monoisotopic (exact) mass is 348 g/mol. The van der Waals surface area contributed by atoms with Crippen LogP contribution in [0.4, 0.5) is 0 Å². The van der Waals surface area contributed by atoms with E-state index in [0.717, 1.165) is 31.0 Å². The van der Waals surface area contributed by atoms with Crippen molar-refractivity contribution in [1.82, 2.24) is 10.2 Å². The number of carbonyl (C=O) groups excluding carboxylic acids is 1. The van der Waals surface area contributed by atoms with Crippen LogP contribution in [-0.2, 0) is 17.9 Å². The van der Waals surface area contributed by atoms with Crippen molar-refractivity contribution in [1.29, 1.82) is 0 Å². The molecule has 0 aliphatic carbocycles. The molecular formula is C19H28N2O2S. The molecule has 1 aromatic carbocycles. The Hall–Kier alpha value is -1.04. The molecule has 1 unspecified atom stereocenters. The third-order valence-electron chi connectivity index (χ3n) is 5.07. The van der Waals surface area contributed by atoms with Crippen LogP contribution in [0.5, 0.6) is 0 Å². The van der Waals surface area contributed by atoms with Crippen LogP contribution in [-0.4, -0.2) is 46.1 Å². The highest BCUT2D eigenvalue weighted by atomic mass is 32.2. The molecule has 5 heteroatoms. The van der Waals surface area contributed by atoms with Gasteiger partial charge in [0.2, 0.25) is 0 Å². The van der Waals surface area contributed by atoms with Crippen molar-refractivity contribution in [2.75, 3.05) is 24.6 Å². The molecule has 0 spiro atoms. The smallest absolute Gasteiger partial charge is 0.253 e. The average Bonchev–Trinajstić information content (AvgIpc) is 2.88. The lowest BCUT2D eigenvalue weighted by Gasteiger charge is -2.23. The van der Waals surface area contributed by atoms with E-state index in [4.69, 9.17) is 0 Å². The van der Waals surface area contributed by atoms with E-state index in [2.05, 4.69) is 28.4 Å². The van der Waals surface area contributed by atoms with Gasteiger partial charge in [-0.3, -0.25) is 9.69 Å². The van der Waals surface area contributed by atoms with Crippen molar-refractivity contribution in [3.8, 4) is 0 Å². The second-order valence-electron chi connectivity index (χ2n) is 6.98. The van der Waals surface area contributed by atoms with Crippen molar-refractivity contribution in [3.63, 3.8) is 0 Å². The molecule has 132 valence electrons. The minimum atomic E-state index is -1.18. The number of nitrogens with one attached hydrogen (secondary N) is 1. The molecule has 2 aliphatic rings. The Balaban J connectivity index is 1.60.